The number of halogens is 1. The zero-order valence-electron chi connectivity index (χ0n) is 14.5. The maximum Gasteiger partial charge on any atom is 0.251 e. The molecule has 4 nitrogen and oxygen atoms in total. The van der Waals surface area contributed by atoms with Crippen molar-refractivity contribution >= 4 is 17.5 Å². The number of hydrogen-bond acceptors (Lipinski definition) is 2. The van der Waals surface area contributed by atoms with Crippen molar-refractivity contribution in [3.8, 4) is 16.8 Å². The summed E-state index contributed by atoms with van der Waals surface area (Å²) in [5.74, 6) is -0.107. The average Bonchev–Trinajstić information content (AvgIpc) is 3.08. The third-order valence-corrected chi connectivity index (χ3v) is 3.90. The number of imidazole rings is 1. The SMILES string of the molecule is CC(C)(C)NC(=O)c1cc(-c2ccc(Cl)cc2)cc(-n2ccnc2)c1. The highest BCUT2D eigenvalue weighted by Crippen LogP contribution is 2.26. The van der Waals surface area contributed by atoms with Gasteiger partial charge in [0.05, 0.1) is 6.33 Å². The molecule has 0 saturated carbocycles. The zero-order chi connectivity index (χ0) is 18.0. The van der Waals surface area contributed by atoms with Crippen molar-refractivity contribution in [1.82, 2.24) is 14.9 Å². The van der Waals surface area contributed by atoms with Gasteiger partial charge in [-0.3, -0.25) is 4.79 Å². The Balaban J connectivity index is 2.08. The van der Waals surface area contributed by atoms with Gasteiger partial charge in [0.1, 0.15) is 0 Å². The molecule has 25 heavy (non-hydrogen) atoms. The van der Waals surface area contributed by atoms with Gasteiger partial charge in [0, 0.05) is 34.2 Å². The number of amides is 1. The molecule has 0 unspecified atom stereocenters. The molecule has 1 aromatic heterocycles. The molecular weight excluding hydrogens is 334 g/mol. The van der Waals surface area contributed by atoms with Crippen LogP contribution < -0.4 is 5.32 Å². The summed E-state index contributed by atoms with van der Waals surface area (Å²) in [7, 11) is 0. The lowest BCUT2D eigenvalue weighted by Gasteiger charge is -2.21. The Bertz CT molecular complexity index is 878. The summed E-state index contributed by atoms with van der Waals surface area (Å²) in [6, 6.07) is 13.4. The first-order valence-electron chi connectivity index (χ1n) is 8.04. The van der Waals surface area contributed by atoms with Crippen LogP contribution in [0.25, 0.3) is 16.8 Å². The number of carbonyl (C=O) groups is 1. The molecule has 1 N–H and O–H groups in total. The minimum atomic E-state index is -0.303. The van der Waals surface area contributed by atoms with E-state index in [0.717, 1.165) is 16.8 Å². The largest absolute Gasteiger partial charge is 0.347 e. The molecule has 0 spiro atoms. The number of nitrogens with one attached hydrogen (secondary N) is 1. The molecule has 1 heterocycles. The Morgan fingerprint density at radius 2 is 1.80 bits per heavy atom. The lowest BCUT2D eigenvalue weighted by Crippen LogP contribution is -2.40. The van der Waals surface area contributed by atoms with E-state index in [1.54, 1.807) is 12.5 Å². The summed E-state index contributed by atoms with van der Waals surface area (Å²) in [5.41, 5.74) is 3.12. The van der Waals surface area contributed by atoms with Crippen LogP contribution in [0.2, 0.25) is 5.02 Å². The van der Waals surface area contributed by atoms with Gasteiger partial charge in [0.25, 0.3) is 5.91 Å². The second kappa shape index (κ2) is 6.73. The number of rotatable bonds is 3. The van der Waals surface area contributed by atoms with Gasteiger partial charge < -0.3 is 9.88 Å². The fraction of sp³-hybridized carbons (Fsp3) is 0.200. The quantitative estimate of drug-likeness (QED) is 0.740. The van der Waals surface area contributed by atoms with Crippen LogP contribution in [0.5, 0.6) is 0 Å². The number of benzene rings is 2. The lowest BCUT2D eigenvalue weighted by molar-refractivity contribution is 0.0919. The third-order valence-electron chi connectivity index (χ3n) is 3.65. The molecule has 2 aromatic carbocycles. The number of carbonyl (C=O) groups excluding carboxylic acids is 1. The Labute approximate surface area is 152 Å². The van der Waals surface area contributed by atoms with E-state index in [9.17, 15) is 4.79 Å². The van der Waals surface area contributed by atoms with Crippen molar-refractivity contribution in [2.75, 3.05) is 0 Å². The molecule has 0 aliphatic rings. The van der Waals surface area contributed by atoms with Crippen molar-refractivity contribution in [1.29, 1.82) is 0 Å². The molecule has 0 bridgehead atoms. The highest BCUT2D eigenvalue weighted by molar-refractivity contribution is 6.30. The summed E-state index contributed by atoms with van der Waals surface area (Å²) >= 11 is 5.99. The third kappa shape index (κ3) is 4.28. The van der Waals surface area contributed by atoms with Gasteiger partial charge in [-0.15, -0.1) is 0 Å². The minimum absolute atomic E-state index is 0.107. The number of nitrogens with zero attached hydrogens (tertiary/aromatic N) is 2. The van der Waals surface area contributed by atoms with Gasteiger partial charge >= 0.3 is 0 Å². The summed E-state index contributed by atoms with van der Waals surface area (Å²) in [4.78, 5) is 16.8. The van der Waals surface area contributed by atoms with Crippen molar-refractivity contribution in [2.45, 2.75) is 26.3 Å². The summed E-state index contributed by atoms with van der Waals surface area (Å²) < 4.78 is 1.88. The van der Waals surface area contributed by atoms with Gasteiger partial charge in [0.15, 0.2) is 0 Å². The summed E-state index contributed by atoms with van der Waals surface area (Å²) in [6.07, 6.45) is 5.28. The van der Waals surface area contributed by atoms with Gasteiger partial charge in [-0.1, -0.05) is 23.7 Å². The van der Waals surface area contributed by atoms with Gasteiger partial charge in [0.2, 0.25) is 0 Å². The summed E-state index contributed by atoms with van der Waals surface area (Å²) in [6.45, 7) is 5.89. The maximum absolute atomic E-state index is 12.7. The van der Waals surface area contributed by atoms with Crippen molar-refractivity contribution < 1.29 is 4.79 Å². The van der Waals surface area contributed by atoms with Crippen molar-refractivity contribution in [3.05, 3.63) is 71.8 Å². The fourth-order valence-corrected chi connectivity index (χ4v) is 2.65. The maximum atomic E-state index is 12.7. The molecule has 0 aliphatic carbocycles. The molecule has 1 amide bonds. The van der Waals surface area contributed by atoms with E-state index in [4.69, 9.17) is 11.6 Å². The molecule has 128 valence electrons. The van der Waals surface area contributed by atoms with Crippen LogP contribution in [0.15, 0.2) is 61.2 Å². The molecule has 0 fully saturated rings. The fourth-order valence-electron chi connectivity index (χ4n) is 2.52. The Morgan fingerprint density at radius 3 is 2.40 bits per heavy atom. The molecule has 0 saturated heterocycles. The first-order valence-corrected chi connectivity index (χ1v) is 8.41. The first kappa shape index (κ1) is 17.2. The predicted octanol–water partition coefficient (Wildman–Crippen LogP) is 4.72. The van der Waals surface area contributed by atoms with Crippen molar-refractivity contribution in [2.24, 2.45) is 0 Å². The minimum Gasteiger partial charge on any atom is -0.347 e. The normalized spacial score (nSPS) is 11.4. The Kier molecular flexibility index (Phi) is 4.64. The Hall–Kier alpha value is -2.59. The van der Waals surface area contributed by atoms with Gasteiger partial charge in [-0.2, -0.15) is 0 Å². The van der Waals surface area contributed by atoms with E-state index in [2.05, 4.69) is 10.3 Å². The van der Waals surface area contributed by atoms with Crippen LogP contribution in [-0.4, -0.2) is 21.0 Å². The monoisotopic (exact) mass is 353 g/mol. The second-order valence-corrected chi connectivity index (χ2v) is 7.39. The van der Waals surface area contributed by atoms with E-state index in [1.165, 1.54) is 0 Å². The van der Waals surface area contributed by atoms with Crippen LogP contribution in [0.1, 0.15) is 31.1 Å². The van der Waals surface area contributed by atoms with E-state index >= 15 is 0 Å². The summed E-state index contributed by atoms with van der Waals surface area (Å²) in [5, 5.41) is 3.69. The molecule has 3 aromatic rings. The average molecular weight is 354 g/mol. The smallest absolute Gasteiger partial charge is 0.251 e. The number of hydrogen-bond donors (Lipinski definition) is 1. The van der Waals surface area contributed by atoms with Crippen LogP contribution in [0.4, 0.5) is 0 Å². The van der Waals surface area contributed by atoms with Crippen LogP contribution in [-0.2, 0) is 0 Å². The lowest BCUT2D eigenvalue weighted by atomic mass is 10.0. The Morgan fingerprint density at radius 1 is 1.08 bits per heavy atom. The van der Waals surface area contributed by atoms with E-state index in [0.29, 0.717) is 10.6 Å². The van der Waals surface area contributed by atoms with Crippen molar-refractivity contribution in [3.63, 3.8) is 0 Å². The van der Waals surface area contributed by atoms with Gasteiger partial charge in [-0.25, -0.2) is 4.98 Å². The molecule has 0 atom stereocenters. The predicted molar refractivity (Wildman–Crippen MR) is 101 cm³/mol. The standard InChI is InChI=1S/C20H20ClN3O/c1-20(2,3)23-19(25)16-10-15(14-4-6-17(21)7-5-14)11-18(12-16)24-9-8-22-13-24/h4-13H,1-3H3,(H,23,25). The van der Waals surface area contributed by atoms with E-state index < -0.39 is 0 Å². The molecule has 3 rings (SSSR count). The molecule has 5 heteroatoms. The van der Waals surface area contributed by atoms with Gasteiger partial charge in [-0.05, 0) is 62.2 Å². The van der Waals surface area contributed by atoms with Crippen LogP contribution in [0, 0.1) is 0 Å². The molecule has 0 aliphatic heterocycles. The topological polar surface area (TPSA) is 46.9 Å². The zero-order valence-corrected chi connectivity index (χ0v) is 15.2. The first-order chi connectivity index (χ1) is 11.8. The molecule has 0 radical (unpaired) electrons. The molecular formula is C20H20ClN3O. The van der Waals surface area contributed by atoms with Crippen LogP contribution in [0.3, 0.4) is 0 Å². The van der Waals surface area contributed by atoms with Crippen LogP contribution >= 0.6 is 11.6 Å². The highest BCUT2D eigenvalue weighted by atomic mass is 35.5. The number of aromatic nitrogens is 2. The van der Waals surface area contributed by atoms with E-state index in [-0.39, 0.29) is 11.4 Å². The second-order valence-electron chi connectivity index (χ2n) is 6.95. The highest BCUT2D eigenvalue weighted by Gasteiger charge is 2.17. The van der Waals surface area contributed by atoms with E-state index in [1.807, 2.05) is 74.0 Å².